The maximum absolute atomic E-state index is 9.55. The predicted molar refractivity (Wildman–Crippen MR) is 67.9 cm³/mol. The molecule has 2 rings (SSSR count). The van der Waals surface area contributed by atoms with Crippen molar-refractivity contribution in [1.29, 1.82) is 0 Å². The van der Waals surface area contributed by atoms with Crippen LogP contribution in [0.4, 0.5) is 0 Å². The fourth-order valence-electron chi connectivity index (χ4n) is 1.42. The van der Waals surface area contributed by atoms with Gasteiger partial charge in [-0.3, -0.25) is 4.99 Å². The summed E-state index contributed by atoms with van der Waals surface area (Å²) in [6.07, 6.45) is 5.66. The fourth-order valence-corrected chi connectivity index (χ4v) is 2.09. The van der Waals surface area contributed by atoms with E-state index in [0.717, 1.165) is 16.2 Å². The number of allylic oxidation sites excluding steroid dienone is 3. The molecule has 3 nitrogen and oxygen atoms in total. The molecule has 0 saturated carbocycles. The van der Waals surface area contributed by atoms with Crippen molar-refractivity contribution in [3.05, 3.63) is 46.6 Å². The van der Waals surface area contributed by atoms with Crippen LogP contribution in [0.15, 0.2) is 46.6 Å². The van der Waals surface area contributed by atoms with Gasteiger partial charge in [-0.05, 0) is 13.0 Å². The van der Waals surface area contributed by atoms with Gasteiger partial charge >= 0.3 is 0 Å². The molecule has 0 unspecified atom stereocenters. The summed E-state index contributed by atoms with van der Waals surface area (Å²) in [5, 5.41) is 12.3. The molecule has 1 aliphatic rings. The number of nitrogens with zero attached hydrogens (tertiary/aromatic N) is 2. The minimum Gasteiger partial charge on any atom is -0.506 e. The number of aromatic nitrogens is 1. The lowest BCUT2D eigenvalue weighted by molar-refractivity contribution is 0.446. The van der Waals surface area contributed by atoms with Crippen LogP contribution in [-0.4, -0.2) is 22.3 Å². The molecular formula is C12H12N2OS. The van der Waals surface area contributed by atoms with E-state index in [1.807, 2.05) is 24.5 Å². The van der Waals surface area contributed by atoms with Gasteiger partial charge in [0.05, 0.1) is 6.54 Å². The molecule has 0 radical (unpaired) electrons. The average Bonchev–Trinajstić information content (AvgIpc) is 2.68. The Labute approximate surface area is 98.2 Å². The van der Waals surface area contributed by atoms with Gasteiger partial charge < -0.3 is 5.11 Å². The van der Waals surface area contributed by atoms with Crippen LogP contribution in [0.25, 0.3) is 5.57 Å². The molecule has 1 aromatic rings. The Balaban J connectivity index is 2.49. The molecule has 0 bridgehead atoms. The van der Waals surface area contributed by atoms with Crippen molar-refractivity contribution >= 4 is 22.6 Å². The minimum atomic E-state index is -0.00968. The first-order chi connectivity index (χ1) is 7.68. The second-order valence-electron chi connectivity index (χ2n) is 3.54. The largest absolute Gasteiger partial charge is 0.506 e. The van der Waals surface area contributed by atoms with E-state index >= 15 is 0 Å². The Morgan fingerprint density at radius 2 is 2.31 bits per heavy atom. The molecule has 0 aromatic carbocycles. The molecular weight excluding hydrogens is 220 g/mol. The molecule has 2 heterocycles. The van der Waals surface area contributed by atoms with E-state index in [2.05, 4.69) is 16.6 Å². The summed E-state index contributed by atoms with van der Waals surface area (Å²) in [6, 6.07) is 0. The summed E-state index contributed by atoms with van der Waals surface area (Å²) < 4.78 is 0. The number of hydrogen-bond donors (Lipinski definition) is 1. The zero-order valence-corrected chi connectivity index (χ0v) is 9.79. The smallest absolute Gasteiger partial charge is 0.134 e. The van der Waals surface area contributed by atoms with E-state index < -0.39 is 0 Å². The van der Waals surface area contributed by atoms with Crippen molar-refractivity contribution in [2.45, 2.75) is 6.92 Å². The number of aliphatic hydroxyl groups excluding tert-OH is 1. The summed E-state index contributed by atoms with van der Waals surface area (Å²) in [6.45, 7) is 6.13. The van der Waals surface area contributed by atoms with E-state index in [4.69, 9.17) is 0 Å². The first-order valence-electron chi connectivity index (χ1n) is 4.89. The van der Waals surface area contributed by atoms with Gasteiger partial charge in [0.25, 0.3) is 0 Å². The predicted octanol–water partition coefficient (Wildman–Crippen LogP) is 3.00. The Kier molecular flexibility index (Phi) is 3.01. The second-order valence-corrected chi connectivity index (χ2v) is 4.44. The molecule has 0 aliphatic carbocycles. The second kappa shape index (κ2) is 4.45. The van der Waals surface area contributed by atoms with Crippen molar-refractivity contribution < 1.29 is 5.11 Å². The van der Waals surface area contributed by atoms with Crippen molar-refractivity contribution in [3.8, 4) is 0 Å². The molecule has 0 atom stereocenters. The van der Waals surface area contributed by atoms with Crippen LogP contribution in [0, 0.1) is 0 Å². The number of aliphatic imine (C=N–C) groups is 1. The molecule has 1 N–H and O–H groups in total. The highest BCUT2D eigenvalue weighted by Gasteiger charge is 2.15. The maximum Gasteiger partial charge on any atom is 0.134 e. The van der Waals surface area contributed by atoms with Crippen molar-refractivity contribution in [2.75, 3.05) is 6.54 Å². The van der Waals surface area contributed by atoms with Crippen molar-refractivity contribution in [3.63, 3.8) is 0 Å². The SMILES string of the molecule is C=C(O)C1=NCC(C)=CC=C1c1nccs1. The number of aliphatic hydroxyl groups is 1. The molecule has 0 amide bonds. The summed E-state index contributed by atoms with van der Waals surface area (Å²) >= 11 is 1.52. The lowest BCUT2D eigenvalue weighted by atomic mass is 10.1. The third-order valence-corrected chi connectivity index (χ3v) is 3.02. The molecule has 0 saturated heterocycles. The van der Waals surface area contributed by atoms with Crippen LogP contribution in [0.5, 0.6) is 0 Å². The molecule has 4 heteroatoms. The third kappa shape index (κ3) is 2.12. The maximum atomic E-state index is 9.55. The van der Waals surface area contributed by atoms with Gasteiger partial charge in [0.2, 0.25) is 0 Å². The monoisotopic (exact) mass is 232 g/mol. The van der Waals surface area contributed by atoms with Crippen LogP contribution in [0.2, 0.25) is 0 Å². The van der Waals surface area contributed by atoms with Crippen LogP contribution >= 0.6 is 11.3 Å². The molecule has 16 heavy (non-hydrogen) atoms. The molecule has 0 spiro atoms. The molecule has 1 aromatic heterocycles. The first kappa shape index (κ1) is 10.8. The molecule has 1 aliphatic heterocycles. The minimum absolute atomic E-state index is 0.00968. The van der Waals surface area contributed by atoms with E-state index in [9.17, 15) is 5.11 Å². The highest BCUT2D eigenvalue weighted by Crippen LogP contribution is 2.23. The lowest BCUT2D eigenvalue weighted by Crippen LogP contribution is -2.05. The number of hydrogen-bond acceptors (Lipinski definition) is 4. The molecule has 0 fully saturated rings. The van der Waals surface area contributed by atoms with Crippen molar-refractivity contribution in [1.82, 2.24) is 4.98 Å². The van der Waals surface area contributed by atoms with Gasteiger partial charge in [-0.1, -0.05) is 18.2 Å². The standard InChI is InChI=1S/C12H12N2OS/c1-8-3-4-10(12-13-5-6-16-12)11(9(2)15)14-7-8/h3-6,15H,2,7H2,1H3. The van der Waals surface area contributed by atoms with E-state index in [0.29, 0.717) is 12.3 Å². The summed E-state index contributed by atoms with van der Waals surface area (Å²) in [7, 11) is 0. The van der Waals surface area contributed by atoms with E-state index in [-0.39, 0.29) is 5.76 Å². The zero-order valence-electron chi connectivity index (χ0n) is 8.97. The summed E-state index contributed by atoms with van der Waals surface area (Å²) in [5.41, 5.74) is 2.51. The third-order valence-electron chi connectivity index (χ3n) is 2.21. The van der Waals surface area contributed by atoms with Crippen LogP contribution in [0.3, 0.4) is 0 Å². The first-order valence-corrected chi connectivity index (χ1v) is 5.77. The van der Waals surface area contributed by atoms with Gasteiger partial charge in [-0.25, -0.2) is 4.98 Å². The highest BCUT2D eigenvalue weighted by atomic mass is 32.1. The topological polar surface area (TPSA) is 45.5 Å². The van der Waals surface area contributed by atoms with Gasteiger partial charge in [-0.2, -0.15) is 0 Å². The number of rotatable bonds is 2. The zero-order chi connectivity index (χ0) is 11.5. The highest BCUT2D eigenvalue weighted by molar-refractivity contribution is 7.11. The van der Waals surface area contributed by atoms with Crippen LogP contribution in [-0.2, 0) is 0 Å². The van der Waals surface area contributed by atoms with Crippen LogP contribution in [0.1, 0.15) is 11.9 Å². The van der Waals surface area contributed by atoms with Gasteiger partial charge in [0, 0.05) is 17.2 Å². The fraction of sp³-hybridized carbons (Fsp3) is 0.167. The van der Waals surface area contributed by atoms with Gasteiger partial charge in [0.1, 0.15) is 16.5 Å². The van der Waals surface area contributed by atoms with Crippen LogP contribution < -0.4 is 0 Å². The normalized spacial score (nSPS) is 15.9. The Morgan fingerprint density at radius 3 is 2.94 bits per heavy atom. The van der Waals surface area contributed by atoms with E-state index in [1.54, 1.807) is 6.20 Å². The Bertz CT molecular complexity index is 495. The lowest BCUT2D eigenvalue weighted by Gasteiger charge is -2.05. The van der Waals surface area contributed by atoms with E-state index in [1.165, 1.54) is 11.3 Å². The molecule has 82 valence electrons. The Morgan fingerprint density at radius 1 is 1.50 bits per heavy atom. The average molecular weight is 232 g/mol. The quantitative estimate of drug-likeness (QED) is 0.797. The summed E-state index contributed by atoms with van der Waals surface area (Å²) in [4.78, 5) is 8.57. The summed E-state index contributed by atoms with van der Waals surface area (Å²) in [5.74, 6) is -0.00968. The number of thiazole rings is 1. The Hall–Kier alpha value is -1.68. The van der Waals surface area contributed by atoms with Gasteiger partial charge in [-0.15, -0.1) is 11.3 Å². The van der Waals surface area contributed by atoms with Crippen molar-refractivity contribution in [2.24, 2.45) is 4.99 Å². The van der Waals surface area contributed by atoms with Gasteiger partial charge in [0.15, 0.2) is 0 Å².